The average Bonchev–Trinajstić information content (AvgIpc) is 3.44. The van der Waals surface area contributed by atoms with Crippen LogP contribution < -0.4 is 10.2 Å². The van der Waals surface area contributed by atoms with E-state index in [4.69, 9.17) is 21.6 Å². The maximum absolute atomic E-state index is 6.62. The summed E-state index contributed by atoms with van der Waals surface area (Å²) in [4.78, 5) is 17.1. The van der Waals surface area contributed by atoms with Gasteiger partial charge in [-0.15, -0.1) is 0 Å². The number of benzene rings is 1. The first kappa shape index (κ1) is 27.9. The van der Waals surface area contributed by atoms with Gasteiger partial charge in [-0.25, -0.2) is 9.97 Å². The summed E-state index contributed by atoms with van der Waals surface area (Å²) in [5.41, 5.74) is 6.37. The SMILES string of the molecule is CC.CCc1nc2c(c(N3CCCNC3)n1)CCN(C1=CCCc3cccc(Cl)c31)C2.CN1CCCC1. The van der Waals surface area contributed by atoms with Crippen LogP contribution in [0.5, 0.6) is 0 Å². The Morgan fingerprint density at radius 2 is 1.78 bits per heavy atom. The van der Waals surface area contributed by atoms with Gasteiger partial charge < -0.3 is 14.7 Å². The lowest BCUT2D eigenvalue weighted by Crippen LogP contribution is -2.43. The van der Waals surface area contributed by atoms with Gasteiger partial charge in [0, 0.05) is 36.3 Å². The van der Waals surface area contributed by atoms with Gasteiger partial charge in [0.05, 0.1) is 23.9 Å². The number of allylic oxidation sites excluding steroid dienone is 1. The van der Waals surface area contributed by atoms with E-state index in [1.165, 1.54) is 54.0 Å². The molecule has 6 rings (SSSR count). The molecule has 0 radical (unpaired) electrons. The fourth-order valence-electron chi connectivity index (χ4n) is 5.65. The number of halogens is 1. The summed E-state index contributed by atoms with van der Waals surface area (Å²) in [5, 5.41) is 4.34. The molecule has 7 heteroatoms. The second-order valence-corrected chi connectivity index (χ2v) is 10.5. The molecule has 0 unspecified atom stereocenters. The Hall–Kier alpha value is -2.15. The van der Waals surface area contributed by atoms with E-state index >= 15 is 0 Å². The first-order valence-corrected chi connectivity index (χ1v) is 14.8. The maximum Gasteiger partial charge on any atom is 0.136 e. The molecule has 0 atom stereocenters. The van der Waals surface area contributed by atoms with Gasteiger partial charge in [-0.05, 0) is 76.8 Å². The van der Waals surface area contributed by atoms with Gasteiger partial charge in [0.15, 0.2) is 0 Å². The van der Waals surface area contributed by atoms with Crippen LogP contribution in [0.4, 0.5) is 5.82 Å². The molecular formula is C30H45ClN6. The summed E-state index contributed by atoms with van der Waals surface area (Å²) in [6, 6.07) is 6.29. The van der Waals surface area contributed by atoms with Crippen molar-refractivity contribution in [1.82, 2.24) is 25.1 Å². The number of anilines is 1. The van der Waals surface area contributed by atoms with Crippen LogP contribution in [0.15, 0.2) is 24.3 Å². The van der Waals surface area contributed by atoms with Crippen molar-refractivity contribution in [2.75, 3.05) is 51.3 Å². The number of rotatable bonds is 3. The highest BCUT2D eigenvalue weighted by atomic mass is 35.5. The molecule has 0 saturated carbocycles. The summed E-state index contributed by atoms with van der Waals surface area (Å²) in [5.74, 6) is 2.09. The van der Waals surface area contributed by atoms with E-state index in [9.17, 15) is 0 Å². The highest BCUT2D eigenvalue weighted by molar-refractivity contribution is 6.32. The topological polar surface area (TPSA) is 47.5 Å². The Morgan fingerprint density at radius 1 is 0.973 bits per heavy atom. The number of aromatic nitrogens is 2. The van der Waals surface area contributed by atoms with E-state index in [0.29, 0.717) is 0 Å². The summed E-state index contributed by atoms with van der Waals surface area (Å²) in [7, 11) is 2.17. The monoisotopic (exact) mass is 524 g/mol. The van der Waals surface area contributed by atoms with Crippen LogP contribution >= 0.6 is 11.6 Å². The Kier molecular flexibility index (Phi) is 10.2. The molecule has 4 aliphatic rings. The number of hydrogen-bond donors (Lipinski definition) is 1. The van der Waals surface area contributed by atoms with Gasteiger partial charge in [-0.1, -0.05) is 50.6 Å². The molecule has 1 aromatic heterocycles. The third-order valence-electron chi connectivity index (χ3n) is 7.57. The molecule has 0 amide bonds. The number of nitrogens with zero attached hydrogens (tertiary/aromatic N) is 5. The molecule has 6 nitrogen and oxygen atoms in total. The van der Waals surface area contributed by atoms with Crippen molar-refractivity contribution >= 4 is 23.1 Å². The lowest BCUT2D eigenvalue weighted by molar-refractivity contribution is 0.362. The zero-order chi connectivity index (χ0) is 26.2. The molecule has 1 aromatic carbocycles. The highest BCUT2D eigenvalue weighted by Gasteiger charge is 2.28. The number of hydrogen-bond acceptors (Lipinski definition) is 6. The number of fused-ring (bicyclic) bond motifs is 2. The van der Waals surface area contributed by atoms with Gasteiger partial charge in [-0.2, -0.15) is 0 Å². The third kappa shape index (κ3) is 6.65. The van der Waals surface area contributed by atoms with Crippen LogP contribution in [0, 0.1) is 0 Å². The van der Waals surface area contributed by atoms with Gasteiger partial charge in [0.1, 0.15) is 11.6 Å². The van der Waals surface area contributed by atoms with Gasteiger partial charge in [-0.3, -0.25) is 5.32 Å². The predicted octanol–water partition coefficient (Wildman–Crippen LogP) is 5.53. The van der Waals surface area contributed by atoms with Crippen LogP contribution in [0.2, 0.25) is 5.02 Å². The van der Waals surface area contributed by atoms with Crippen LogP contribution in [0.3, 0.4) is 0 Å². The first-order valence-electron chi connectivity index (χ1n) is 14.4. The molecular weight excluding hydrogens is 480 g/mol. The Morgan fingerprint density at radius 3 is 2.46 bits per heavy atom. The van der Waals surface area contributed by atoms with Crippen molar-refractivity contribution in [3.8, 4) is 0 Å². The second-order valence-electron chi connectivity index (χ2n) is 10.1. The van der Waals surface area contributed by atoms with E-state index in [1.807, 2.05) is 19.9 Å². The number of nitrogens with one attached hydrogen (secondary N) is 1. The fraction of sp³-hybridized carbons (Fsp3) is 0.600. The number of aryl methyl sites for hydroxylation is 2. The molecule has 3 aliphatic heterocycles. The summed E-state index contributed by atoms with van der Waals surface area (Å²) in [6.07, 6.45) is 10.3. The van der Waals surface area contributed by atoms with Crippen molar-refractivity contribution < 1.29 is 0 Å². The van der Waals surface area contributed by atoms with Crippen molar-refractivity contribution in [3.05, 3.63) is 57.5 Å². The minimum Gasteiger partial charge on any atom is -0.365 e. The van der Waals surface area contributed by atoms with Gasteiger partial charge in [0.25, 0.3) is 0 Å². The Balaban J connectivity index is 0.000000348. The zero-order valence-corrected chi connectivity index (χ0v) is 24.1. The molecule has 1 aliphatic carbocycles. The Bertz CT molecular complexity index is 1060. The molecule has 202 valence electrons. The second kappa shape index (κ2) is 13.6. The van der Waals surface area contributed by atoms with E-state index in [0.717, 1.165) is 81.6 Å². The first-order chi connectivity index (χ1) is 18.1. The van der Waals surface area contributed by atoms with E-state index in [1.54, 1.807) is 0 Å². The molecule has 1 N–H and O–H groups in total. The fourth-order valence-corrected chi connectivity index (χ4v) is 5.94. The van der Waals surface area contributed by atoms with Crippen molar-refractivity contribution in [2.45, 2.75) is 72.3 Å². The lowest BCUT2D eigenvalue weighted by atomic mass is 9.92. The minimum absolute atomic E-state index is 0.829. The largest absolute Gasteiger partial charge is 0.365 e. The predicted molar refractivity (Wildman–Crippen MR) is 156 cm³/mol. The van der Waals surface area contributed by atoms with Crippen molar-refractivity contribution in [2.24, 2.45) is 0 Å². The molecule has 37 heavy (non-hydrogen) atoms. The molecule has 0 spiro atoms. The number of likely N-dealkylation sites (tertiary alicyclic amines) is 1. The van der Waals surface area contributed by atoms with Crippen LogP contribution in [-0.2, 0) is 25.8 Å². The van der Waals surface area contributed by atoms with E-state index in [2.05, 4.69) is 52.2 Å². The van der Waals surface area contributed by atoms with Crippen molar-refractivity contribution in [3.63, 3.8) is 0 Å². The molecule has 0 bridgehead atoms. The molecule has 2 aromatic rings. The maximum atomic E-state index is 6.62. The van der Waals surface area contributed by atoms with Gasteiger partial charge in [0.2, 0.25) is 0 Å². The summed E-state index contributed by atoms with van der Waals surface area (Å²) < 4.78 is 0. The molecule has 2 saturated heterocycles. The zero-order valence-electron chi connectivity index (χ0n) is 23.3. The minimum atomic E-state index is 0.829. The summed E-state index contributed by atoms with van der Waals surface area (Å²) in [6.45, 7) is 13.6. The van der Waals surface area contributed by atoms with Crippen LogP contribution in [0.25, 0.3) is 5.70 Å². The Labute approximate surface area is 229 Å². The lowest BCUT2D eigenvalue weighted by Gasteiger charge is -2.37. The smallest absolute Gasteiger partial charge is 0.136 e. The van der Waals surface area contributed by atoms with Crippen LogP contribution in [-0.4, -0.2) is 66.2 Å². The van der Waals surface area contributed by atoms with Crippen LogP contribution in [0.1, 0.15) is 74.7 Å². The third-order valence-corrected chi connectivity index (χ3v) is 7.88. The van der Waals surface area contributed by atoms with E-state index < -0.39 is 0 Å². The molecule has 4 heterocycles. The molecule has 2 fully saturated rings. The van der Waals surface area contributed by atoms with E-state index in [-0.39, 0.29) is 0 Å². The standard InChI is InChI=1S/C23H28ClN5.C5H11N.C2H6/c1-2-21-26-19-14-28(20-9-4-7-16-6-3-8-18(24)22(16)20)13-10-17(19)23(27-21)29-12-5-11-25-15-29;1-6-4-2-3-5-6;1-2/h3,6,8-9,25H,2,4-5,7,10-15H2,1H3;2-5H2,1H3;1-2H3. The quantitative estimate of drug-likeness (QED) is 0.569. The van der Waals surface area contributed by atoms with Crippen molar-refractivity contribution in [1.29, 1.82) is 0 Å². The highest BCUT2D eigenvalue weighted by Crippen LogP contribution is 2.37. The average molecular weight is 525 g/mol. The van der Waals surface area contributed by atoms with Gasteiger partial charge >= 0.3 is 0 Å². The normalized spacial score (nSPS) is 19.1. The summed E-state index contributed by atoms with van der Waals surface area (Å²) >= 11 is 6.62.